The summed E-state index contributed by atoms with van der Waals surface area (Å²) in [6.45, 7) is 1.06. The highest BCUT2D eigenvalue weighted by Gasteiger charge is 2.13. The second kappa shape index (κ2) is 8.38. The predicted octanol–water partition coefficient (Wildman–Crippen LogP) is 3.25. The first-order chi connectivity index (χ1) is 14.5. The molecule has 4 rings (SSSR count). The van der Waals surface area contributed by atoms with Crippen LogP contribution in [0.4, 0.5) is 5.82 Å². The SMILES string of the molecule is COc1ccc(CNc2nc(Cl)nc3c2ncn3Cc2ccc(C(N)=O)cc2)cc1. The molecule has 0 bridgehead atoms. The van der Waals surface area contributed by atoms with E-state index in [1.165, 1.54) is 0 Å². The first-order valence-electron chi connectivity index (χ1n) is 9.17. The van der Waals surface area contributed by atoms with E-state index in [2.05, 4.69) is 20.3 Å². The molecule has 1 amide bonds. The number of imidazole rings is 1. The third kappa shape index (κ3) is 4.18. The van der Waals surface area contributed by atoms with Crippen molar-refractivity contribution in [1.29, 1.82) is 0 Å². The van der Waals surface area contributed by atoms with Gasteiger partial charge in [0.15, 0.2) is 17.0 Å². The summed E-state index contributed by atoms with van der Waals surface area (Å²) in [5, 5.41) is 3.41. The molecule has 2 heterocycles. The van der Waals surface area contributed by atoms with Crippen molar-refractivity contribution in [3.63, 3.8) is 0 Å². The average molecular weight is 423 g/mol. The third-order valence-electron chi connectivity index (χ3n) is 4.65. The van der Waals surface area contributed by atoms with Gasteiger partial charge in [-0.1, -0.05) is 24.3 Å². The lowest BCUT2D eigenvalue weighted by atomic mass is 10.1. The number of hydrogen-bond donors (Lipinski definition) is 2. The average Bonchev–Trinajstić information content (AvgIpc) is 3.15. The monoisotopic (exact) mass is 422 g/mol. The molecule has 2 aromatic carbocycles. The highest BCUT2D eigenvalue weighted by Crippen LogP contribution is 2.23. The number of hydrogen-bond acceptors (Lipinski definition) is 6. The zero-order valence-corrected chi connectivity index (χ0v) is 16.9. The summed E-state index contributed by atoms with van der Waals surface area (Å²) in [6, 6.07) is 14.8. The Balaban J connectivity index is 1.56. The van der Waals surface area contributed by atoms with E-state index >= 15 is 0 Å². The molecule has 0 aliphatic rings. The lowest BCUT2D eigenvalue weighted by Crippen LogP contribution is -2.10. The van der Waals surface area contributed by atoms with Crippen LogP contribution in [0.2, 0.25) is 5.28 Å². The van der Waals surface area contributed by atoms with Crippen LogP contribution in [0, 0.1) is 0 Å². The van der Waals surface area contributed by atoms with Gasteiger partial charge in [-0.2, -0.15) is 9.97 Å². The van der Waals surface area contributed by atoms with E-state index in [9.17, 15) is 4.79 Å². The van der Waals surface area contributed by atoms with Gasteiger partial charge in [-0.25, -0.2) is 4.98 Å². The van der Waals surface area contributed by atoms with Crippen LogP contribution in [0.5, 0.6) is 5.75 Å². The highest BCUT2D eigenvalue weighted by molar-refractivity contribution is 6.28. The molecule has 0 saturated heterocycles. The summed E-state index contributed by atoms with van der Waals surface area (Å²) < 4.78 is 7.06. The van der Waals surface area contributed by atoms with E-state index in [0.717, 1.165) is 16.9 Å². The van der Waals surface area contributed by atoms with E-state index in [-0.39, 0.29) is 5.28 Å². The van der Waals surface area contributed by atoms with Crippen LogP contribution >= 0.6 is 11.6 Å². The molecule has 0 saturated carbocycles. The maximum absolute atomic E-state index is 11.2. The number of methoxy groups -OCH3 is 1. The minimum Gasteiger partial charge on any atom is -0.497 e. The van der Waals surface area contributed by atoms with Crippen LogP contribution in [0.3, 0.4) is 0 Å². The Kier molecular flexibility index (Phi) is 5.49. The van der Waals surface area contributed by atoms with E-state index < -0.39 is 5.91 Å². The third-order valence-corrected chi connectivity index (χ3v) is 4.82. The molecule has 4 aromatic rings. The number of aromatic nitrogens is 4. The largest absolute Gasteiger partial charge is 0.497 e. The molecule has 152 valence electrons. The van der Waals surface area contributed by atoms with Crippen molar-refractivity contribution >= 4 is 34.5 Å². The summed E-state index contributed by atoms with van der Waals surface area (Å²) in [7, 11) is 1.63. The Labute approximate surface area is 177 Å². The van der Waals surface area contributed by atoms with Crippen LogP contribution in [0.1, 0.15) is 21.5 Å². The molecule has 0 radical (unpaired) electrons. The lowest BCUT2D eigenvalue weighted by molar-refractivity contribution is 0.100. The van der Waals surface area contributed by atoms with Crippen LogP contribution < -0.4 is 15.8 Å². The molecule has 30 heavy (non-hydrogen) atoms. The quantitative estimate of drug-likeness (QED) is 0.442. The van der Waals surface area contributed by atoms with Crippen LogP contribution in [-0.2, 0) is 13.1 Å². The Bertz CT molecular complexity index is 1190. The first kappa shape index (κ1) is 19.7. The minimum atomic E-state index is -0.457. The Hall–Kier alpha value is -3.65. The number of rotatable bonds is 7. The summed E-state index contributed by atoms with van der Waals surface area (Å²) in [6.07, 6.45) is 1.69. The number of nitrogens with one attached hydrogen (secondary N) is 1. The molecule has 0 unspecified atom stereocenters. The molecular formula is C21H19ClN6O2. The zero-order valence-electron chi connectivity index (χ0n) is 16.2. The van der Waals surface area contributed by atoms with Gasteiger partial charge in [0.25, 0.3) is 0 Å². The van der Waals surface area contributed by atoms with Crippen LogP contribution in [0.15, 0.2) is 54.9 Å². The topological polar surface area (TPSA) is 108 Å². The van der Waals surface area contributed by atoms with Gasteiger partial charge < -0.3 is 20.4 Å². The van der Waals surface area contributed by atoms with Crippen molar-refractivity contribution in [2.45, 2.75) is 13.1 Å². The second-order valence-corrected chi connectivity index (χ2v) is 6.99. The van der Waals surface area contributed by atoms with Gasteiger partial charge in [-0.3, -0.25) is 4.79 Å². The number of carbonyl (C=O) groups is 1. The number of primary amides is 1. The Morgan fingerprint density at radius 3 is 2.47 bits per heavy atom. The smallest absolute Gasteiger partial charge is 0.248 e. The van der Waals surface area contributed by atoms with Crippen LogP contribution in [-0.4, -0.2) is 32.5 Å². The molecule has 0 aliphatic carbocycles. The van der Waals surface area contributed by atoms with Crippen molar-refractivity contribution in [2.24, 2.45) is 5.73 Å². The Morgan fingerprint density at radius 1 is 1.10 bits per heavy atom. The molecule has 0 atom stereocenters. The molecule has 0 spiro atoms. The fourth-order valence-electron chi connectivity index (χ4n) is 3.06. The molecule has 0 aliphatic heterocycles. The van der Waals surface area contributed by atoms with Crippen molar-refractivity contribution in [3.8, 4) is 5.75 Å². The number of anilines is 1. The number of nitrogens with zero attached hydrogens (tertiary/aromatic N) is 4. The van der Waals surface area contributed by atoms with Crippen LogP contribution in [0.25, 0.3) is 11.2 Å². The van der Waals surface area contributed by atoms with Crippen molar-refractivity contribution < 1.29 is 9.53 Å². The summed E-state index contributed by atoms with van der Waals surface area (Å²) in [5.74, 6) is 0.902. The van der Waals surface area contributed by atoms with Crippen molar-refractivity contribution in [2.75, 3.05) is 12.4 Å². The van der Waals surface area contributed by atoms with Gasteiger partial charge >= 0.3 is 0 Å². The fraction of sp³-hybridized carbons (Fsp3) is 0.143. The van der Waals surface area contributed by atoms with Crippen molar-refractivity contribution in [3.05, 3.63) is 76.8 Å². The highest BCUT2D eigenvalue weighted by atomic mass is 35.5. The van der Waals surface area contributed by atoms with Gasteiger partial charge in [-0.15, -0.1) is 0 Å². The maximum atomic E-state index is 11.2. The summed E-state index contributed by atoms with van der Waals surface area (Å²) in [4.78, 5) is 24.3. The standard InChI is InChI=1S/C21H19ClN6O2/c1-30-16-8-4-13(5-9-16)10-24-19-17-20(27-21(22)26-19)28(12-25-17)11-14-2-6-15(7-3-14)18(23)29/h2-9,12H,10-11H2,1H3,(H2,23,29)(H,24,26,27). The fourth-order valence-corrected chi connectivity index (χ4v) is 3.22. The molecule has 3 N–H and O–H groups in total. The zero-order chi connectivity index (χ0) is 21.1. The number of carbonyl (C=O) groups excluding carboxylic acids is 1. The van der Waals surface area contributed by atoms with Gasteiger partial charge in [0.1, 0.15) is 5.75 Å². The number of fused-ring (bicyclic) bond motifs is 1. The summed E-state index contributed by atoms with van der Waals surface area (Å²) in [5.41, 5.74) is 9.04. The molecule has 9 heteroatoms. The maximum Gasteiger partial charge on any atom is 0.248 e. The molecule has 2 aromatic heterocycles. The van der Waals surface area contributed by atoms with Gasteiger partial charge in [0.05, 0.1) is 20.0 Å². The number of benzene rings is 2. The lowest BCUT2D eigenvalue weighted by Gasteiger charge is -2.09. The van der Waals surface area contributed by atoms with E-state index in [1.54, 1.807) is 25.6 Å². The first-order valence-corrected chi connectivity index (χ1v) is 9.55. The molecule has 8 nitrogen and oxygen atoms in total. The van der Waals surface area contributed by atoms with E-state index in [4.69, 9.17) is 22.1 Å². The normalized spacial score (nSPS) is 10.9. The summed E-state index contributed by atoms with van der Waals surface area (Å²) >= 11 is 6.16. The molecule has 0 fully saturated rings. The second-order valence-electron chi connectivity index (χ2n) is 6.65. The van der Waals surface area contributed by atoms with Gasteiger partial charge in [0, 0.05) is 12.1 Å². The number of ether oxygens (including phenoxy) is 1. The Morgan fingerprint density at radius 2 is 1.80 bits per heavy atom. The minimum absolute atomic E-state index is 0.130. The van der Waals surface area contributed by atoms with Crippen molar-refractivity contribution in [1.82, 2.24) is 19.5 Å². The number of halogens is 1. The van der Waals surface area contributed by atoms with Gasteiger partial charge in [-0.05, 0) is 47.0 Å². The van der Waals surface area contributed by atoms with E-state index in [0.29, 0.717) is 35.6 Å². The number of amides is 1. The molecular weight excluding hydrogens is 404 g/mol. The number of nitrogens with two attached hydrogens (primary N) is 1. The van der Waals surface area contributed by atoms with E-state index in [1.807, 2.05) is 41.0 Å². The van der Waals surface area contributed by atoms with Gasteiger partial charge in [0.2, 0.25) is 11.2 Å². The predicted molar refractivity (Wildman–Crippen MR) is 115 cm³/mol.